The molecule has 0 amide bonds. The van der Waals surface area contributed by atoms with Crippen LogP contribution in [-0.4, -0.2) is 23.8 Å². The van der Waals surface area contributed by atoms with Crippen molar-refractivity contribution in [3.8, 4) is 0 Å². The number of carboxylic acid groups (broad SMARTS) is 1. The van der Waals surface area contributed by atoms with Gasteiger partial charge in [0.15, 0.2) is 0 Å². The maximum absolute atomic E-state index is 13.2. The van der Waals surface area contributed by atoms with Gasteiger partial charge in [0.1, 0.15) is 5.82 Å². The quantitative estimate of drug-likeness (QED) is 0.654. The zero-order chi connectivity index (χ0) is 20.1. The molecule has 144 valence electrons. The van der Waals surface area contributed by atoms with Gasteiger partial charge < -0.3 is 5.11 Å². The van der Waals surface area contributed by atoms with Crippen molar-refractivity contribution in [2.24, 2.45) is 0 Å². The first-order valence-corrected chi connectivity index (χ1v) is 9.92. The Hall–Kier alpha value is -3.03. The first kappa shape index (κ1) is 19.7. The second kappa shape index (κ2) is 8.33. The molecule has 0 fully saturated rings. The second-order valence-corrected chi connectivity index (χ2v) is 8.15. The van der Waals surface area contributed by atoms with Crippen molar-refractivity contribution in [2.75, 3.05) is 0 Å². The molecule has 0 aliphatic carbocycles. The van der Waals surface area contributed by atoms with Crippen LogP contribution in [0.3, 0.4) is 0 Å². The van der Waals surface area contributed by atoms with E-state index in [-0.39, 0.29) is 23.5 Å². The van der Waals surface area contributed by atoms with Crippen molar-refractivity contribution in [1.29, 1.82) is 0 Å². The molecule has 3 rings (SSSR count). The van der Waals surface area contributed by atoms with Crippen LogP contribution in [0.1, 0.15) is 21.5 Å². The van der Waals surface area contributed by atoms with Crippen LogP contribution in [0.5, 0.6) is 0 Å². The molecular weight excluding hydrogens is 381 g/mol. The third-order valence-electron chi connectivity index (χ3n) is 4.21. The average Bonchev–Trinajstić information content (AvgIpc) is 2.70. The van der Waals surface area contributed by atoms with Gasteiger partial charge in [-0.1, -0.05) is 42.5 Å². The molecule has 0 aliphatic heterocycles. The summed E-state index contributed by atoms with van der Waals surface area (Å²) in [5.74, 6) is -1.53. The number of sulfonamides is 1. The molecule has 0 radical (unpaired) electrons. The average molecular weight is 399 g/mol. The molecule has 0 bridgehead atoms. The number of benzene rings is 3. The van der Waals surface area contributed by atoms with Gasteiger partial charge in [0, 0.05) is 13.1 Å². The van der Waals surface area contributed by atoms with Crippen LogP contribution in [0, 0.1) is 5.82 Å². The van der Waals surface area contributed by atoms with E-state index >= 15 is 0 Å². The number of carbonyl (C=O) groups is 1. The van der Waals surface area contributed by atoms with Crippen LogP contribution in [0.15, 0.2) is 83.8 Å². The minimum absolute atomic E-state index is 0.00413. The second-order valence-electron chi connectivity index (χ2n) is 6.21. The molecule has 0 saturated carbocycles. The molecule has 3 aromatic rings. The van der Waals surface area contributed by atoms with Crippen molar-refractivity contribution in [3.63, 3.8) is 0 Å². The van der Waals surface area contributed by atoms with Gasteiger partial charge >= 0.3 is 5.97 Å². The van der Waals surface area contributed by atoms with Crippen LogP contribution in [0.4, 0.5) is 4.39 Å². The molecule has 7 heteroatoms. The molecule has 0 aliphatic rings. The summed E-state index contributed by atoms with van der Waals surface area (Å²) in [6, 6.07) is 19.8. The Morgan fingerprint density at radius 1 is 0.821 bits per heavy atom. The van der Waals surface area contributed by atoms with Crippen molar-refractivity contribution < 1.29 is 22.7 Å². The highest BCUT2D eigenvalue weighted by Gasteiger charge is 2.25. The van der Waals surface area contributed by atoms with Crippen LogP contribution in [0.25, 0.3) is 0 Å². The predicted molar refractivity (Wildman–Crippen MR) is 103 cm³/mol. The number of aromatic carboxylic acids is 1. The van der Waals surface area contributed by atoms with Gasteiger partial charge in [-0.25, -0.2) is 17.6 Å². The summed E-state index contributed by atoms with van der Waals surface area (Å²) in [5, 5.41) is 9.01. The lowest BCUT2D eigenvalue weighted by Crippen LogP contribution is -2.30. The molecule has 0 heterocycles. The molecule has 3 aromatic carbocycles. The fourth-order valence-electron chi connectivity index (χ4n) is 2.72. The smallest absolute Gasteiger partial charge is 0.335 e. The number of nitrogens with zero attached hydrogens (tertiary/aromatic N) is 1. The summed E-state index contributed by atoms with van der Waals surface area (Å²) < 4.78 is 40.9. The monoisotopic (exact) mass is 399 g/mol. The van der Waals surface area contributed by atoms with E-state index in [0.717, 1.165) is 5.56 Å². The SMILES string of the molecule is O=C(O)c1ccc(S(=O)(=O)N(Cc2ccccc2)Cc2ccc(F)cc2)cc1. The molecule has 28 heavy (non-hydrogen) atoms. The molecule has 0 unspecified atom stereocenters. The van der Waals surface area contributed by atoms with Gasteiger partial charge in [0.05, 0.1) is 10.5 Å². The molecular formula is C21H18FNO4S. The fraction of sp³-hybridized carbons (Fsp3) is 0.0952. The first-order chi connectivity index (χ1) is 13.4. The van der Waals surface area contributed by atoms with Gasteiger partial charge in [-0.05, 0) is 47.5 Å². The van der Waals surface area contributed by atoms with Gasteiger partial charge in [-0.15, -0.1) is 0 Å². The summed E-state index contributed by atoms with van der Waals surface area (Å²) in [6.07, 6.45) is 0. The van der Waals surface area contributed by atoms with Crippen LogP contribution in [-0.2, 0) is 23.1 Å². The van der Waals surface area contributed by atoms with E-state index in [2.05, 4.69) is 0 Å². The Kier molecular flexibility index (Phi) is 5.87. The molecule has 0 spiro atoms. The largest absolute Gasteiger partial charge is 0.478 e. The van der Waals surface area contributed by atoms with Crippen LogP contribution < -0.4 is 0 Å². The van der Waals surface area contributed by atoms with Crippen LogP contribution in [0.2, 0.25) is 0 Å². The summed E-state index contributed by atoms with van der Waals surface area (Å²) in [6.45, 7) is 0.180. The van der Waals surface area contributed by atoms with Gasteiger partial charge in [0.25, 0.3) is 0 Å². The van der Waals surface area contributed by atoms with Gasteiger partial charge in [0.2, 0.25) is 10.0 Å². The number of carboxylic acids is 1. The third-order valence-corrected chi connectivity index (χ3v) is 6.02. The van der Waals surface area contributed by atoms with Gasteiger partial charge in [-0.3, -0.25) is 0 Å². The minimum Gasteiger partial charge on any atom is -0.478 e. The Bertz CT molecular complexity index is 1050. The van der Waals surface area contributed by atoms with Crippen molar-refractivity contribution in [2.45, 2.75) is 18.0 Å². The molecule has 0 atom stereocenters. The van der Waals surface area contributed by atoms with Crippen molar-refractivity contribution in [1.82, 2.24) is 4.31 Å². The maximum Gasteiger partial charge on any atom is 0.335 e. The summed E-state index contributed by atoms with van der Waals surface area (Å²) in [4.78, 5) is 11.0. The highest BCUT2D eigenvalue weighted by Crippen LogP contribution is 2.22. The summed E-state index contributed by atoms with van der Waals surface area (Å²) in [7, 11) is -3.90. The van der Waals surface area contributed by atoms with E-state index in [1.54, 1.807) is 0 Å². The Labute approximate surface area is 162 Å². The number of halogens is 1. The van der Waals surface area contributed by atoms with E-state index in [4.69, 9.17) is 5.11 Å². The molecule has 0 aromatic heterocycles. The lowest BCUT2D eigenvalue weighted by Gasteiger charge is -2.22. The normalized spacial score (nSPS) is 11.5. The van der Waals surface area contributed by atoms with E-state index < -0.39 is 21.8 Å². The Morgan fingerprint density at radius 2 is 1.36 bits per heavy atom. The molecule has 1 N–H and O–H groups in total. The van der Waals surface area contributed by atoms with Crippen LogP contribution >= 0.6 is 0 Å². The summed E-state index contributed by atoms with van der Waals surface area (Å²) in [5.41, 5.74) is 1.45. The topological polar surface area (TPSA) is 74.7 Å². The zero-order valence-corrected chi connectivity index (χ0v) is 15.6. The summed E-state index contributed by atoms with van der Waals surface area (Å²) >= 11 is 0. The van der Waals surface area contributed by atoms with Crippen molar-refractivity contribution in [3.05, 3.63) is 101 Å². The third kappa shape index (κ3) is 4.62. The van der Waals surface area contributed by atoms with E-state index in [1.165, 1.54) is 52.8 Å². The van der Waals surface area contributed by atoms with E-state index in [1.807, 2.05) is 30.3 Å². The molecule has 5 nitrogen and oxygen atoms in total. The standard InChI is InChI=1S/C21H18FNO4S/c22-19-10-6-17(7-11-19)15-23(14-16-4-2-1-3-5-16)28(26,27)20-12-8-18(9-13-20)21(24)25/h1-13H,14-15H2,(H,24,25). The Balaban J connectivity index is 1.95. The zero-order valence-electron chi connectivity index (χ0n) is 14.8. The highest BCUT2D eigenvalue weighted by molar-refractivity contribution is 7.89. The number of rotatable bonds is 7. The van der Waals surface area contributed by atoms with E-state index in [9.17, 15) is 17.6 Å². The number of hydrogen-bond acceptors (Lipinski definition) is 3. The lowest BCUT2D eigenvalue weighted by molar-refractivity contribution is 0.0696. The Morgan fingerprint density at radius 3 is 1.89 bits per heavy atom. The number of hydrogen-bond donors (Lipinski definition) is 1. The van der Waals surface area contributed by atoms with E-state index in [0.29, 0.717) is 5.56 Å². The van der Waals surface area contributed by atoms with Crippen molar-refractivity contribution >= 4 is 16.0 Å². The minimum atomic E-state index is -3.90. The van der Waals surface area contributed by atoms with Gasteiger partial charge in [-0.2, -0.15) is 4.31 Å². The highest BCUT2D eigenvalue weighted by atomic mass is 32.2. The first-order valence-electron chi connectivity index (χ1n) is 8.48. The maximum atomic E-state index is 13.2. The lowest BCUT2D eigenvalue weighted by atomic mass is 10.2. The molecule has 0 saturated heterocycles. The predicted octanol–water partition coefficient (Wildman–Crippen LogP) is 3.92. The fourth-order valence-corrected chi connectivity index (χ4v) is 4.14.